The Morgan fingerprint density at radius 1 is 1.33 bits per heavy atom. The van der Waals surface area contributed by atoms with Crippen molar-refractivity contribution < 1.29 is 5.11 Å². The summed E-state index contributed by atoms with van der Waals surface area (Å²) in [6.07, 6.45) is 0.869. The Morgan fingerprint density at radius 2 is 2.11 bits per heavy atom. The maximum Gasteiger partial charge on any atom is 0.130 e. The Labute approximate surface area is 105 Å². The second kappa shape index (κ2) is 3.66. The molecule has 0 amide bonds. The molecule has 1 aliphatic rings. The summed E-state index contributed by atoms with van der Waals surface area (Å²) < 4.78 is 1.61. The van der Waals surface area contributed by atoms with Crippen LogP contribution in [0.25, 0.3) is 11.3 Å². The van der Waals surface area contributed by atoms with Crippen molar-refractivity contribution >= 4 is 11.5 Å². The number of aromatic hydroxyl groups is 1. The van der Waals surface area contributed by atoms with Crippen LogP contribution in [0, 0.1) is 0 Å². The Balaban J connectivity index is 2.14. The number of fused-ring (bicyclic) bond motifs is 1. The second-order valence-corrected chi connectivity index (χ2v) is 4.71. The summed E-state index contributed by atoms with van der Waals surface area (Å²) in [4.78, 5) is 2.14. The van der Waals surface area contributed by atoms with E-state index in [4.69, 9.17) is 5.73 Å². The monoisotopic (exact) mass is 244 g/mol. The summed E-state index contributed by atoms with van der Waals surface area (Å²) in [5.74, 6) is 0.914. The first-order valence-corrected chi connectivity index (χ1v) is 5.94. The minimum atomic E-state index is 0.329. The number of nitrogens with zero attached hydrogens (tertiary/aromatic N) is 3. The van der Waals surface area contributed by atoms with Gasteiger partial charge in [-0.2, -0.15) is 5.10 Å². The van der Waals surface area contributed by atoms with Crippen molar-refractivity contribution in [3.05, 3.63) is 23.8 Å². The molecule has 0 bridgehead atoms. The van der Waals surface area contributed by atoms with Gasteiger partial charge >= 0.3 is 0 Å². The van der Waals surface area contributed by atoms with Crippen molar-refractivity contribution in [3.63, 3.8) is 0 Å². The number of nitrogens with two attached hydrogens (primary N) is 1. The van der Waals surface area contributed by atoms with Gasteiger partial charge in [0.25, 0.3) is 0 Å². The molecule has 1 aromatic heterocycles. The number of phenols is 1. The number of likely N-dealkylation sites (N-methyl/N-ethyl adjacent to an activating group) is 1. The van der Waals surface area contributed by atoms with Gasteiger partial charge in [0.2, 0.25) is 0 Å². The molecule has 0 unspecified atom stereocenters. The number of hydrogen-bond acceptors (Lipinski definition) is 4. The van der Waals surface area contributed by atoms with Gasteiger partial charge in [-0.3, -0.25) is 4.68 Å². The maximum absolute atomic E-state index is 10.4. The van der Waals surface area contributed by atoms with Gasteiger partial charge < -0.3 is 15.7 Å². The molecule has 1 aliphatic heterocycles. The molecule has 2 heterocycles. The predicted molar refractivity (Wildman–Crippen MR) is 71.7 cm³/mol. The maximum atomic E-state index is 10.4. The Hall–Kier alpha value is -2.17. The molecule has 0 saturated carbocycles. The molecule has 0 fully saturated rings. The summed E-state index contributed by atoms with van der Waals surface area (Å²) in [6.45, 7) is 0.941. The molecule has 1 aromatic carbocycles. The molecule has 3 rings (SSSR count). The average Bonchev–Trinajstić information content (AvgIpc) is 2.86. The lowest BCUT2D eigenvalue weighted by atomic mass is 10.0. The fraction of sp³-hybridized carbons (Fsp3) is 0.308. The highest BCUT2D eigenvalue weighted by Crippen LogP contribution is 2.40. The van der Waals surface area contributed by atoms with E-state index in [2.05, 4.69) is 10.00 Å². The summed E-state index contributed by atoms with van der Waals surface area (Å²) >= 11 is 0. The molecular weight excluding hydrogens is 228 g/mol. The van der Waals surface area contributed by atoms with Gasteiger partial charge in [-0.1, -0.05) is 0 Å². The summed E-state index contributed by atoms with van der Waals surface area (Å²) in [5, 5.41) is 14.7. The molecule has 5 nitrogen and oxygen atoms in total. The van der Waals surface area contributed by atoms with E-state index in [-0.39, 0.29) is 0 Å². The van der Waals surface area contributed by atoms with Crippen LogP contribution < -0.4 is 10.6 Å². The first-order valence-electron chi connectivity index (χ1n) is 5.94. The molecule has 0 atom stereocenters. The number of hydrogen-bond donors (Lipinski definition) is 2. The topological polar surface area (TPSA) is 67.3 Å². The number of aromatic nitrogens is 2. The number of rotatable bonds is 1. The van der Waals surface area contributed by atoms with Crippen LogP contribution in [0.2, 0.25) is 0 Å². The minimum absolute atomic E-state index is 0.329. The van der Waals surface area contributed by atoms with E-state index in [0.717, 1.165) is 29.8 Å². The van der Waals surface area contributed by atoms with Crippen molar-refractivity contribution in [1.82, 2.24) is 9.78 Å². The summed E-state index contributed by atoms with van der Waals surface area (Å²) in [7, 11) is 3.82. The number of anilines is 2. The van der Waals surface area contributed by atoms with Crippen molar-refractivity contribution in [3.8, 4) is 17.0 Å². The molecule has 18 heavy (non-hydrogen) atoms. The van der Waals surface area contributed by atoms with Gasteiger partial charge in [-0.25, -0.2) is 0 Å². The van der Waals surface area contributed by atoms with Crippen molar-refractivity contribution in [1.29, 1.82) is 0 Å². The van der Waals surface area contributed by atoms with Crippen LogP contribution in [0.15, 0.2) is 18.2 Å². The van der Waals surface area contributed by atoms with Crippen molar-refractivity contribution in [2.45, 2.75) is 6.42 Å². The molecule has 0 radical (unpaired) electrons. The zero-order valence-corrected chi connectivity index (χ0v) is 10.5. The fourth-order valence-electron chi connectivity index (χ4n) is 2.45. The third-order valence-corrected chi connectivity index (χ3v) is 3.56. The van der Waals surface area contributed by atoms with E-state index in [9.17, 15) is 5.11 Å². The lowest BCUT2D eigenvalue weighted by Gasteiger charge is -2.13. The van der Waals surface area contributed by atoms with Crippen LogP contribution in [-0.4, -0.2) is 28.5 Å². The molecule has 3 N–H and O–H groups in total. The largest absolute Gasteiger partial charge is 0.507 e. The fourth-order valence-corrected chi connectivity index (χ4v) is 2.45. The SMILES string of the molecule is CN1CCc2c1ccc(-c1cc(N)n(C)n1)c2O. The Bertz CT molecular complexity index is 598. The third-order valence-electron chi connectivity index (χ3n) is 3.56. The smallest absolute Gasteiger partial charge is 0.130 e. The highest BCUT2D eigenvalue weighted by molar-refractivity contribution is 5.77. The van der Waals surface area contributed by atoms with Crippen LogP contribution in [0.5, 0.6) is 5.75 Å². The van der Waals surface area contributed by atoms with Crippen LogP contribution in [0.1, 0.15) is 5.56 Å². The lowest BCUT2D eigenvalue weighted by Crippen LogP contribution is -2.12. The van der Waals surface area contributed by atoms with Gasteiger partial charge in [0.1, 0.15) is 11.6 Å². The Kier molecular flexibility index (Phi) is 2.23. The summed E-state index contributed by atoms with van der Waals surface area (Å²) in [6, 6.07) is 5.71. The van der Waals surface area contributed by atoms with Crippen LogP contribution in [0.3, 0.4) is 0 Å². The number of nitrogen functional groups attached to an aromatic ring is 1. The van der Waals surface area contributed by atoms with Gasteiger partial charge in [-0.15, -0.1) is 0 Å². The molecule has 5 heteroatoms. The van der Waals surface area contributed by atoms with Gasteiger partial charge in [-0.05, 0) is 18.6 Å². The number of phenolic OH excluding ortho intramolecular Hbond substituents is 1. The van der Waals surface area contributed by atoms with E-state index in [1.165, 1.54) is 0 Å². The van der Waals surface area contributed by atoms with Gasteiger partial charge in [0.05, 0.1) is 5.69 Å². The van der Waals surface area contributed by atoms with Crippen molar-refractivity contribution in [2.24, 2.45) is 7.05 Å². The lowest BCUT2D eigenvalue weighted by molar-refractivity contribution is 0.472. The van der Waals surface area contributed by atoms with Crippen LogP contribution in [0.4, 0.5) is 11.5 Å². The van der Waals surface area contributed by atoms with Crippen LogP contribution in [-0.2, 0) is 13.5 Å². The zero-order chi connectivity index (χ0) is 12.9. The molecule has 2 aromatic rings. The third kappa shape index (κ3) is 1.44. The first-order chi connectivity index (χ1) is 8.58. The van der Waals surface area contributed by atoms with Gasteiger partial charge in [0.15, 0.2) is 0 Å². The molecule has 0 aliphatic carbocycles. The molecule has 0 spiro atoms. The first kappa shape index (κ1) is 11.0. The van der Waals surface area contributed by atoms with E-state index < -0.39 is 0 Å². The highest BCUT2D eigenvalue weighted by atomic mass is 16.3. The number of benzene rings is 1. The normalized spacial score (nSPS) is 14.0. The average molecular weight is 244 g/mol. The second-order valence-electron chi connectivity index (χ2n) is 4.71. The predicted octanol–water partition coefficient (Wildman–Crippen LogP) is 1.37. The Morgan fingerprint density at radius 3 is 2.78 bits per heavy atom. The van der Waals surface area contributed by atoms with E-state index >= 15 is 0 Å². The molecular formula is C13H16N4O. The quantitative estimate of drug-likeness (QED) is 0.795. The standard InChI is InChI=1S/C13H16N4O/c1-16-6-5-9-11(16)4-3-8(13(9)18)10-7-12(14)17(2)15-10/h3-4,7,18H,5-6,14H2,1-2H3. The molecule has 94 valence electrons. The molecule has 0 saturated heterocycles. The minimum Gasteiger partial charge on any atom is -0.507 e. The number of aryl methyl sites for hydroxylation is 1. The highest BCUT2D eigenvalue weighted by Gasteiger charge is 2.22. The zero-order valence-electron chi connectivity index (χ0n) is 10.5. The summed E-state index contributed by atoms with van der Waals surface area (Å²) in [5.41, 5.74) is 9.33. The van der Waals surface area contributed by atoms with Gasteiger partial charge in [0, 0.05) is 43.5 Å². The van der Waals surface area contributed by atoms with E-state index in [1.54, 1.807) is 17.8 Å². The van der Waals surface area contributed by atoms with E-state index in [0.29, 0.717) is 17.3 Å². The van der Waals surface area contributed by atoms with Crippen molar-refractivity contribution in [2.75, 3.05) is 24.2 Å². The van der Waals surface area contributed by atoms with Crippen LogP contribution >= 0.6 is 0 Å². The van der Waals surface area contributed by atoms with E-state index in [1.807, 2.05) is 19.2 Å².